The van der Waals surface area contributed by atoms with Gasteiger partial charge in [0, 0.05) is 12.1 Å². The molecule has 1 aromatic rings. The standard InChI is InChI=1S/C15H22N2O4S/c1-10-4-5-12(15(18)21-3)9-14(10)22(19,20)17-13-6-7-16-11(2)8-13/h4-5,9,11,13,16-17H,6-8H2,1-3H3. The van der Waals surface area contributed by atoms with Gasteiger partial charge in [0.25, 0.3) is 0 Å². The van der Waals surface area contributed by atoms with Crippen LogP contribution in [0.5, 0.6) is 0 Å². The van der Waals surface area contributed by atoms with Gasteiger partial charge in [0.15, 0.2) is 0 Å². The van der Waals surface area contributed by atoms with E-state index in [1.165, 1.54) is 13.2 Å². The molecule has 1 aliphatic heterocycles. The van der Waals surface area contributed by atoms with Crippen LogP contribution in [-0.2, 0) is 14.8 Å². The van der Waals surface area contributed by atoms with Crippen LogP contribution in [-0.4, -0.2) is 40.1 Å². The first kappa shape index (κ1) is 16.9. The van der Waals surface area contributed by atoms with Gasteiger partial charge < -0.3 is 10.1 Å². The maximum absolute atomic E-state index is 12.6. The molecule has 6 nitrogen and oxygen atoms in total. The van der Waals surface area contributed by atoms with Crippen LogP contribution in [0.3, 0.4) is 0 Å². The van der Waals surface area contributed by atoms with Crippen molar-refractivity contribution >= 4 is 16.0 Å². The molecule has 2 unspecified atom stereocenters. The smallest absolute Gasteiger partial charge is 0.337 e. The van der Waals surface area contributed by atoms with Crippen molar-refractivity contribution in [3.8, 4) is 0 Å². The van der Waals surface area contributed by atoms with Crippen molar-refractivity contribution < 1.29 is 17.9 Å². The van der Waals surface area contributed by atoms with E-state index in [1.54, 1.807) is 19.1 Å². The summed E-state index contributed by atoms with van der Waals surface area (Å²) in [5, 5.41) is 3.28. The maximum Gasteiger partial charge on any atom is 0.337 e. The molecule has 0 aromatic heterocycles. The van der Waals surface area contributed by atoms with Crippen LogP contribution in [0.25, 0.3) is 0 Å². The minimum atomic E-state index is -3.66. The molecule has 1 aromatic carbocycles. The molecule has 1 heterocycles. The summed E-state index contributed by atoms with van der Waals surface area (Å²) in [4.78, 5) is 11.7. The fourth-order valence-corrected chi connectivity index (χ4v) is 4.21. The first-order valence-corrected chi connectivity index (χ1v) is 8.76. The van der Waals surface area contributed by atoms with E-state index in [2.05, 4.69) is 14.8 Å². The number of piperidine rings is 1. The predicted octanol–water partition coefficient (Wildman–Crippen LogP) is 1.20. The van der Waals surface area contributed by atoms with Crippen LogP contribution in [0.2, 0.25) is 0 Å². The number of hydrogen-bond donors (Lipinski definition) is 2. The first-order chi connectivity index (χ1) is 10.3. The van der Waals surface area contributed by atoms with Crippen LogP contribution in [0.4, 0.5) is 0 Å². The molecule has 0 spiro atoms. The molecule has 0 bridgehead atoms. The molecule has 122 valence electrons. The van der Waals surface area contributed by atoms with Crippen LogP contribution < -0.4 is 10.0 Å². The molecular weight excluding hydrogens is 304 g/mol. The average molecular weight is 326 g/mol. The largest absolute Gasteiger partial charge is 0.465 e. The molecular formula is C15H22N2O4S. The van der Waals surface area contributed by atoms with Gasteiger partial charge in [-0.1, -0.05) is 6.07 Å². The summed E-state index contributed by atoms with van der Waals surface area (Å²) in [6.45, 7) is 4.53. The summed E-state index contributed by atoms with van der Waals surface area (Å²) in [7, 11) is -2.39. The van der Waals surface area contributed by atoms with Gasteiger partial charge in [-0.2, -0.15) is 0 Å². The lowest BCUT2D eigenvalue weighted by Gasteiger charge is -2.28. The summed E-state index contributed by atoms with van der Waals surface area (Å²) in [6, 6.07) is 4.73. The molecule has 1 aliphatic rings. The lowest BCUT2D eigenvalue weighted by atomic mass is 10.0. The van der Waals surface area contributed by atoms with Gasteiger partial charge >= 0.3 is 5.97 Å². The number of ether oxygens (including phenoxy) is 1. The summed E-state index contributed by atoms with van der Waals surface area (Å²) in [6.07, 6.45) is 1.49. The van der Waals surface area contributed by atoms with Gasteiger partial charge in [-0.15, -0.1) is 0 Å². The van der Waals surface area contributed by atoms with Crippen LogP contribution in [0, 0.1) is 6.92 Å². The van der Waals surface area contributed by atoms with Gasteiger partial charge in [0.05, 0.1) is 17.6 Å². The Bertz CT molecular complexity index is 658. The molecule has 0 saturated carbocycles. The number of esters is 1. The summed E-state index contributed by atoms with van der Waals surface area (Å²) in [5.74, 6) is -0.549. The highest BCUT2D eigenvalue weighted by molar-refractivity contribution is 7.89. The van der Waals surface area contributed by atoms with Crippen molar-refractivity contribution in [2.24, 2.45) is 0 Å². The Kier molecular flexibility index (Phi) is 5.20. The van der Waals surface area contributed by atoms with Gasteiger partial charge in [-0.05, 0) is 50.9 Å². The van der Waals surface area contributed by atoms with E-state index >= 15 is 0 Å². The van der Waals surface area contributed by atoms with Crippen LogP contribution in [0.15, 0.2) is 23.1 Å². The second-order valence-corrected chi connectivity index (χ2v) is 7.35. The molecule has 0 aliphatic carbocycles. The Morgan fingerprint density at radius 1 is 1.41 bits per heavy atom. The van der Waals surface area contributed by atoms with E-state index in [1.807, 2.05) is 6.92 Å². The molecule has 0 radical (unpaired) electrons. The van der Waals surface area contributed by atoms with E-state index in [0.29, 0.717) is 5.56 Å². The number of carbonyl (C=O) groups excluding carboxylic acids is 1. The van der Waals surface area contributed by atoms with E-state index in [9.17, 15) is 13.2 Å². The van der Waals surface area contributed by atoms with Gasteiger partial charge in [0.1, 0.15) is 0 Å². The van der Waals surface area contributed by atoms with Gasteiger partial charge in [0.2, 0.25) is 10.0 Å². The first-order valence-electron chi connectivity index (χ1n) is 7.28. The number of aryl methyl sites for hydroxylation is 1. The van der Waals surface area contributed by atoms with E-state index < -0.39 is 16.0 Å². The second-order valence-electron chi connectivity index (χ2n) is 5.67. The van der Waals surface area contributed by atoms with Gasteiger partial charge in [-0.25, -0.2) is 17.9 Å². The normalized spacial score (nSPS) is 22.3. The summed E-state index contributed by atoms with van der Waals surface area (Å²) < 4.78 is 32.6. The fourth-order valence-electron chi connectivity index (χ4n) is 2.66. The van der Waals surface area contributed by atoms with Crippen LogP contribution in [0.1, 0.15) is 35.7 Å². The number of hydrogen-bond acceptors (Lipinski definition) is 5. The molecule has 1 fully saturated rings. The van der Waals surface area contributed by atoms with Crippen molar-refractivity contribution in [2.45, 2.75) is 43.7 Å². The Hall–Kier alpha value is -1.44. The fraction of sp³-hybridized carbons (Fsp3) is 0.533. The van der Waals surface area contributed by atoms with Crippen molar-refractivity contribution in [1.82, 2.24) is 10.0 Å². The minimum absolute atomic E-state index is 0.0950. The van der Waals surface area contributed by atoms with Gasteiger partial charge in [-0.3, -0.25) is 0 Å². The maximum atomic E-state index is 12.6. The highest BCUT2D eigenvalue weighted by Crippen LogP contribution is 2.20. The lowest BCUT2D eigenvalue weighted by Crippen LogP contribution is -2.46. The number of carbonyl (C=O) groups is 1. The number of nitrogens with one attached hydrogen (secondary N) is 2. The van der Waals surface area contributed by atoms with E-state index in [4.69, 9.17) is 0 Å². The molecule has 7 heteroatoms. The zero-order chi connectivity index (χ0) is 16.3. The minimum Gasteiger partial charge on any atom is -0.465 e. The average Bonchev–Trinajstić information content (AvgIpc) is 2.46. The quantitative estimate of drug-likeness (QED) is 0.812. The highest BCUT2D eigenvalue weighted by atomic mass is 32.2. The zero-order valence-electron chi connectivity index (χ0n) is 13.0. The third kappa shape index (κ3) is 3.85. The molecule has 22 heavy (non-hydrogen) atoms. The Balaban J connectivity index is 2.26. The van der Waals surface area contributed by atoms with Crippen molar-refractivity contribution in [3.05, 3.63) is 29.3 Å². The Labute approximate surface area is 131 Å². The third-order valence-electron chi connectivity index (χ3n) is 3.84. The SMILES string of the molecule is COC(=O)c1ccc(C)c(S(=O)(=O)NC2CCNC(C)C2)c1. The van der Waals surface area contributed by atoms with Crippen LogP contribution >= 0.6 is 0 Å². The monoisotopic (exact) mass is 326 g/mol. The number of rotatable bonds is 4. The number of methoxy groups -OCH3 is 1. The number of benzene rings is 1. The molecule has 2 rings (SSSR count). The van der Waals surface area contributed by atoms with Crippen molar-refractivity contribution in [3.63, 3.8) is 0 Å². The zero-order valence-corrected chi connectivity index (χ0v) is 13.9. The topological polar surface area (TPSA) is 84.5 Å². The summed E-state index contributed by atoms with van der Waals surface area (Å²) in [5.41, 5.74) is 0.828. The third-order valence-corrected chi connectivity index (χ3v) is 5.51. The molecule has 2 N–H and O–H groups in total. The summed E-state index contributed by atoms with van der Waals surface area (Å²) >= 11 is 0. The second kappa shape index (κ2) is 6.76. The number of sulfonamides is 1. The van der Waals surface area contributed by atoms with E-state index in [-0.39, 0.29) is 22.5 Å². The highest BCUT2D eigenvalue weighted by Gasteiger charge is 2.26. The van der Waals surface area contributed by atoms with Crippen molar-refractivity contribution in [2.75, 3.05) is 13.7 Å². The van der Waals surface area contributed by atoms with Crippen molar-refractivity contribution in [1.29, 1.82) is 0 Å². The molecule has 0 amide bonds. The molecule has 1 saturated heterocycles. The lowest BCUT2D eigenvalue weighted by molar-refractivity contribution is 0.0600. The Morgan fingerprint density at radius 2 is 2.14 bits per heavy atom. The predicted molar refractivity (Wildman–Crippen MR) is 83.3 cm³/mol. The Morgan fingerprint density at radius 3 is 2.77 bits per heavy atom. The van der Waals surface area contributed by atoms with E-state index in [0.717, 1.165) is 19.4 Å². The molecule has 2 atom stereocenters.